The number of hydrogen-bond acceptors (Lipinski definition) is 7. The molecule has 0 radical (unpaired) electrons. The summed E-state index contributed by atoms with van der Waals surface area (Å²) in [6.07, 6.45) is 4.99. The first-order chi connectivity index (χ1) is 16.8. The molecule has 1 aromatic carbocycles. The molecule has 0 spiro atoms. The van der Waals surface area contributed by atoms with Gasteiger partial charge in [-0.3, -0.25) is 14.6 Å². The third-order valence-corrected chi connectivity index (χ3v) is 6.27. The molecule has 0 bridgehead atoms. The zero-order valence-electron chi connectivity index (χ0n) is 19.6. The summed E-state index contributed by atoms with van der Waals surface area (Å²) in [7, 11) is 0. The molecule has 0 aliphatic rings. The lowest BCUT2D eigenvalue weighted by atomic mass is 10.1. The Balaban J connectivity index is 1.44. The van der Waals surface area contributed by atoms with Gasteiger partial charge in [-0.25, -0.2) is 4.98 Å². The lowest BCUT2D eigenvalue weighted by Gasteiger charge is -2.10. The van der Waals surface area contributed by atoms with Gasteiger partial charge in [-0.05, 0) is 50.8 Å². The molecule has 3 aromatic rings. The van der Waals surface area contributed by atoms with Crippen molar-refractivity contribution in [2.75, 3.05) is 11.9 Å². The molecule has 3 rings (SSSR count). The Kier molecular flexibility index (Phi) is 9.45. The predicted molar refractivity (Wildman–Crippen MR) is 137 cm³/mol. The van der Waals surface area contributed by atoms with Crippen molar-refractivity contribution in [3.63, 3.8) is 0 Å². The van der Waals surface area contributed by atoms with Crippen LogP contribution in [-0.4, -0.2) is 33.8 Å². The number of amides is 1. The second-order valence-corrected chi connectivity index (χ2v) is 8.96. The zero-order valence-corrected chi connectivity index (χ0v) is 21.1. The van der Waals surface area contributed by atoms with Crippen LogP contribution in [0.25, 0.3) is 0 Å². The number of benzene rings is 1. The van der Waals surface area contributed by atoms with Crippen molar-refractivity contribution < 1.29 is 9.32 Å². The SMILES string of the molecule is Cc1noc(C)c1C(=O)NCCCCCCc1c(C=N)nc(NCc2ccc(Cl)c(Cl)c2)[nH]c1=O. The topological polar surface area (TPSA) is 137 Å². The second kappa shape index (κ2) is 12.5. The summed E-state index contributed by atoms with van der Waals surface area (Å²) < 4.78 is 5.02. The van der Waals surface area contributed by atoms with E-state index in [1.54, 1.807) is 26.0 Å². The average molecular weight is 519 g/mol. The number of aryl methyl sites for hydroxylation is 2. The molecular weight excluding hydrogens is 491 g/mol. The average Bonchev–Trinajstić information content (AvgIpc) is 3.17. The Morgan fingerprint density at radius 1 is 1.17 bits per heavy atom. The molecule has 186 valence electrons. The van der Waals surface area contributed by atoms with Crippen LogP contribution in [0, 0.1) is 19.3 Å². The number of H-pyrrole nitrogens is 1. The number of aromatic amines is 1. The van der Waals surface area contributed by atoms with Crippen LogP contribution in [0.3, 0.4) is 0 Å². The number of unbranched alkanes of at least 4 members (excludes halogenated alkanes) is 3. The number of halogens is 2. The normalized spacial score (nSPS) is 10.9. The van der Waals surface area contributed by atoms with Crippen LogP contribution in [-0.2, 0) is 13.0 Å². The van der Waals surface area contributed by atoms with Crippen LogP contribution in [0.1, 0.15) is 64.3 Å². The summed E-state index contributed by atoms with van der Waals surface area (Å²) in [5, 5.41) is 18.3. The minimum atomic E-state index is -0.262. The maximum absolute atomic E-state index is 12.6. The molecule has 0 aliphatic carbocycles. The highest BCUT2D eigenvalue weighted by atomic mass is 35.5. The first kappa shape index (κ1) is 26.4. The van der Waals surface area contributed by atoms with E-state index in [1.165, 1.54) is 0 Å². The Morgan fingerprint density at radius 2 is 1.94 bits per heavy atom. The number of rotatable bonds is 12. The van der Waals surface area contributed by atoms with E-state index in [1.807, 2.05) is 6.07 Å². The Bertz CT molecular complexity index is 1240. The molecule has 1 amide bonds. The summed E-state index contributed by atoms with van der Waals surface area (Å²) in [6, 6.07) is 5.27. The van der Waals surface area contributed by atoms with Crippen molar-refractivity contribution in [2.45, 2.75) is 52.5 Å². The number of hydrogen-bond donors (Lipinski definition) is 4. The van der Waals surface area contributed by atoms with Gasteiger partial charge in [0.1, 0.15) is 11.3 Å². The molecular formula is C24H28Cl2N6O3. The molecule has 11 heteroatoms. The van der Waals surface area contributed by atoms with E-state index in [9.17, 15) is 9.59 Å². The Labute approximate surface area is 213 Å². The van der Waals surface area contributed by atoms with Gasteiger partial charge < -0.3 is 20.6 Å². The van der Waals surface area contributed by atoms with Crippen LogP contribution in [0.15, 0.2) is 27.5 Å². The van der Waals surface area contributed by atoms with Crippen LogP contribution in [0.4, 0.5) is 5.95 Å². The van der Waals surface area contributed by atoms with Crippen LogP contribution in [0.2, 0.25) is 10.0 Å². The third kappa shape index (κ3) is 7.16. The fraction of sp³-hybridized carbons (Fsp3) is 0.375. The first-order valence-corrected chi connectivity index (χ1v) is 12.1. The summed E-state index contributed by atoms with van der Waals surface area (Å²) in [6.45, 7) is 4.40. The van der Waals surface area contributed by atoms with Crippen molar-refractivity contribution in [1.82, 2.24) is 20.4 Å². The van der Waals surface area contributed by atoms with Crippen molar-refractivity contribution in [3.05, 3.63) is 72.4 Å². The fourth-order valence-corrected chi connectivity index (χ4v) is 3.99. The van der Waals surface area contributed by atoms with E-state index in [0.717, 1.165) is 37.5 Å². The predicted octanol–water partition coefficient (Wildman–Crippen LogP) is 4.82. The first-order valence-electron chi connectivity index (χ1n) is 11.3. The fourth-order valence-electron chi connectivity index (χ4n) is 3.67. The molecule has 2 heterocycles. The molecule has 9 nitrogen and oxygen atoms in total. The van der Waals surface area contributed by atoms with Crippen LogP contribution >= 0.6 is 23.2 Å². The van der Waals surface area contributed by atoms with Gasteiger partial charge in [-0.2, -0.15) is 0 Å². The minimum absolute atomic E-state index is 0.178. The van der Waals surface area contributed by atoms with Crippen molar-refractivity contribution in [3.8, 4) is 0 Å². The van der Waals surface area contributed by atoms with E-state index in [-0.39, 0.29) is 17.4 Å². The van der Waals surface area contributed by atoms with Gasteiger partial charge in [0.15, 0.2) is 0 Å². The van der Waals surface area contributed by atoms with E-state index in [4.69, 9.17) is 33.1 Å². The molecule has 2 aromatic heterocycles. The van der Waals surface area contributed by atoms with Crippen molar-refractivity contribution in [1.29, 1.82) is 5.41 Å². The summed E-state index contributed by atoms with van der Waals surface area (Å²) in [5.74, 6) is 0.621. The molecule has 35 heavy (non-hydrogen) atoms. The molecule has 0 unspecified atom stereocenters. The van der Waals surface area contributed by atoms with Crippen molar-refractivity contribution >= 4 is 41.3 Å². The zero-order chi connectivity index (χ0) is 25.4. The summed E-state index contributed by atoms with van der Waals surface area (Å²) in [5.41, 5.74) is 2.53. The monoisotopic (exact) mass is 518 g/mol. The van der Waals surface area contributed by atoms with Crippen molar-refractivity contribution in [2.24, 2.45) is 0 Å². The highest BCUT2D eigenvalue weighted by molar-refractivity contribution is 6.42. The molecule has 0 saturated carbocycles. The number of carbonyl (C=O) groups is 1. The minimum Gasteiger partial charge on any atom is -0.361 e. The highest BCUT2D eigenvalue weighted by Crippen LogP contribution is 2.23. The lowest BCUT2D eigenvalue weighted by molar-refractivity contribution is 0.0951. The molecule has 4 N–H and O–H groups in total. The number of nitrogens with zero attached hydrogens (tertiary/aromatic N) is 2. The number of aromatic nitrogens is 3. The lowest BCUT2D eigenvalue weighted by Crippen LogP contribution is -2.25. The van der Waals surface area contributed by atoms with Gasteiger partial charge in [0.05, 0.1) is 21.4 Å². The van der Waals surface area contributed by atoms with Gasteiger partial charge in [0, 0.05) is 24.9 Å². The summed E-state index contributed by atoms with van der Waals surface area (Å²) >= 11 is 12.0. The Morgan fingerprint density at radius 3 is 2.63 bits per heavy atom. The maximum Gasteiger partial charge on any atom is 0.256 e. The van der Waals surface area contributed by atoms with E-state index in [2.05, 4.69) is 25.8 Å². The molecule has 0 aliphatic heterocycles. The third-order valence-electron chi connectivity index (χ3n) is 5.53. The van der Waals surface area contributed by atoms with Crippen LogP contribution in [0.5, 0.6) is 0 Å². The van der Waals surface area contributed by atoms with Gasteiger partial charge in [-0.15, -0.1) is 0 Å². The van der Waals surface area contributed by atoms with E-state index in [0.29, 0.717) is 57.8 Å². The molecule has 0 saturated heterocycles. The largest absolute Gasteiger partial charge is 0.361 e. The Hall–Kier alpha value is -3.17. The van der Waals surface area contributed by atoms with Gasteiger partial charge in [0.2, 0.25) is 5.95 Å². The molecule has 0 fully saturated rings. The number of carbonyl (C=O) groups excluding carboxylic acids is 1. The van der Waals surface area contributed by atoms with E-state index < -0.39 is 0 Å². The van der Waals surface area contributed by atoms with Gasteiger partial charge in [0.25, 0.3) is 11.5 Å². The smallest absolute Gasteiger partial charge is 0.256 e. The standard InChI is InChI=1S/C24H28Cl2N6O3/c1-14-21(15(2)35-32-14)23(34)28-10-6-4-3-5-7-17-20(12-27)30-24(31-22(17)33)29-13-16-8-9-18(25)19(26)11-16/h8-9,11-12,27H,3-7,10,13H2,1-2H3,(H,28,34)(H2,29,30,31,33). The second-order valence-electron chi connectivity index (χ2n) is 8.14. The number of anilines is 1. The van der Waals surface area contributed by atoms with Gasteiger partial charge in [-0.1, -0.05) is 47.3 Å². The molecule has 0 atom stereocenters. The maximum atomic E-state index is 12.6. The van der Waals surface area contributed by atoms with Gasteiger partial charge >= 0.3 is 0 Å². The van der Waals surface area contributed by atoms with Crippen LogP contribution < -0.4 is 16.2 Å². The summed E-state index contributed by atoms with van der Waals surface area (Å²) in [4.78, 5) is 31.9. The quantitative estimate of drug-likeness (QED) is 0.200. The van der Waals surface area contributed by atoms with E-state index >= 15 is 0 Å². The highest BCUT2D eigenvalue weighted by Gasteiger charge is 2.16. The number of nitrogens with one attached hydrogen (secondary N) is 4.